The zero-order valence-corrected chi connectivity index (χ0v) is 9.60. The second-order valence-electron chi connectivity index (χ2n) is 3.86. The SMILES string of the molecule is C=CC(=O)NCCC[N+](C)(C)C.[ClH2+]. The van der Waals surface area contributed by atoms with Crippen molar-refractivity contribution in [2.24, 2.45) is 0 Å². The van der Waals surface area contributed by atoms with Gasteiger partial charge in [-0.2, -0.15) is 0 Å². The van der Waals surface area contributed by atoms with Crippen LogP contribution in [-0.4, -0.2) is 44.6 Å². The fraction of sp³-hybridized carbons (Fsp3) is 0.667. The normalized spacial score (nSPS) is 10.1. The number of hydrogen-bond acceptors (Lipinski definition) is 1. The second kappa shape index (κ2) is 6.92. The highest BCUT2D eigenvalue weighted by molar-refractivity contribution is 5.86. The number of carbonyl (C=O) groups excluding carboxylic acids is 1. The summed E-state index contributed by atoms with van der Waals surface area (Å²) < 4.78 is 0.934. The van der Waals surface area contributed by atoms with Gasteiger partial charge in [-0.3, -0.25) is 4.79 Å². The predicted octanol–water partition coefficient (Wildman–Crippen LogP) is -0.150. The van der Waals surface area contributed by atoms with Gasteiger partial charge >= 0.3 is 0 Å². The fourth-order valence-corrected chi connectivity index (χ4v) is 0.837. The molecule has 0 saturated heterocycles. The van der Waals surface area contributed by atoms with Gasteiger partial charge in [0.15, 0.2) is 0 Å². The number of quaternary nitrogens is 1. The highest BCUT2D eigenvalue weighted by Crippen LogP contribution is 1.91. The third kappa shape index (κ3) is 11.5. The van der Waals surface area contributed by atoms with Gasteiger partial charge in [-0.15, -0.1) is 0 Å². The molecule has 0 radical (unpaired) electrons. The number of amides is 1. The summed E-state index contributed by atoms with van der Waals surface area (Å²) in [5.41, 5.74) is 0. The molecular weight excluding hydrogens is 188 g/mol. The van der Waals surface area contributed by atoms with Crippen molar-refractivity contribution in [2.75, 3.05) is 34.2 Å². The van der Waals surface area contributed by atoms with Crippen LogP contribution in [0.5, 0.6) is 0 Å². The number of carbonyl (C=O) groups is 1. The third-order valence-electron chi connectivity index (χ3n) is 1.49. The summed E-state index contributed by atoms with van der Waals surface area (Å²) in [5.74, 6) is -0.0867. The molecule has 0 aliphatic carbocycles. The van der Waals surface area contributed by atoms with Crippen LogP contribution in [0, 0.1) is 12.4 Å². The molecule has 0 aliphatic rings. The molecule has 0 aromatic carbocycles. The molecule has 0 aromatic rings. The predicted molar refractivity (Wildman–Crippen MR) is 53.5 cm³/mol. The summed E-state index contributed by atoms with van der Waals surface area (Å²) in [5, 5.41) is 2.74. The van der Waals surface area contributed by atoms with E-state index in [0.29, 0.717) is 0 Å². The molecule has 0 bridgehead atoms. The van der Waals surface area contributed by atoms with Crippen molar-refractivity contribution in [3.05, 3.63) is 12.7 Å². The summed E-state index contributed by atoms with van der Waals surface area (Å²) in [6, 6.07) is 0. The maximum atomic E-state index is 10.7. The van der Waals surface area contributed by atoms with E-state index in [4.69, 9.17) is 0 Å². The zero-order valence-electron chi connectivity index (χ0n) is 8.71. The molecule has 1 N–H and O–H groups in total. The molecule has 0 atom stereocenters. The standard InChI is InChI=1S/C9H18N2O.ClH2/c1-5-9(12)10-7-6-8-11(2,3)4;/h5H,1,6-8H2,2-4H3;1H2/q;+1/p+1. The van der Waals surface area contributed by atoms with E-state index in [2.05, 4.69) is 33.0 Å². The molecule has 0 fully saturated rings. The minimum absolute atomic E-state index is 0. The topological polar surface area (TPSA) is 29.1 Å². The Morgan fingerprint density at radius 2 is 2.00 bits per heavy atom. The van der Waals surface area contributed by atoms with E-state index in [9.17, 15) is 4.79 Å². The van der Waals surface area contributed by atoms with Crippen molar-refractivity contribution in [2.45, 2.75) is 6.42 Å². The van der Waals surface area contributed by atoms with Crippen LogP contribution in [-0.2, 0) is 4.79 Å². The van der Waals surface area contributed by atoms with Gasteiger partial charge in [-0.05, 0) is 6.08 Å². The van der Waals surface area contributed by atoms with E-state index in [1.807, 2.05) is 0 Å². The number of halogens is 1. The van der Waals surface area contributed by atoms with Gasteiger partial charge in [0.1, 0.15) is 0 Å². The van der Waals surface area contributed by atoms with Gasteiger partial charge in [0.2, 0.25) is 5.91 Å². The Labute approximate surface area is 86.8 Å². The molecule has 3 nitrogen and oxygen atoms in total. The highest BCUT2D eigenvalue weighted by atomic mass is 35.5. The Hall–Kier alpha value is -0.540. The molecule has 0 heterocycles. The Morgan fingerprint density at radius 3 is 2.38 bits per heavy atom. The average molecular weight is 209 g/mol. The van der Waals surface area contributed by atoms with Crippen molar-refractivity contribution < 1.29 is 21.7 Å². The van der Waals surface area contributed by atoms with E-state index in [1.54, 1.807) is 0 Å². The number of nitrogens with one attached hydrogen (secondary N) is 1. The minimum atomic E-state index is -0.0867. The molecule has 0 unspecified atom stereocenters. The van der Waals surface area contributed by atoms with Crippen molar-refractivity contribution in [3.8, 4) is 0 Å². The fourth-order valence-electron chi connectivity index (χ4n) is 0.837. The number of hydrogen-bond donors (Lipinski definition) is 1. The van der Waals surface area contributed by atoms with Crippen molar-refractivity contribution in [1.29, 1.82) is 0 Å². The van der Waals surface area contributed by atoms with Crippen molar-refractivity contribution in [3.63, 3.8) is 0 Å². The maximum Gasteiger partial charge on any atom is 0.243 e. The molecule has 78 valence electrons. The first-order valence-corrected chi connectivity index (χ1v) is 4.16. The molecule has 0 aromatic heterocycles. The van der Waals surface area contributed by atoms with Gasteiger partial charge in [-0.25, -0.2) is 0 Å². The monoisotopic (exact) mass is 208 g/mol. The maximum absolute atomic E-state index is 10.7. The van der Waals surface area contributed by atoms with Crippen molar-refractivity contribution >= 4 is 5.91 Å². The van der Waals surface area contributed by atoms with Crippen LogP contribution in [0.15, 0.2) is 12.7 Å². The van der Waals surface area contributed by atoms with Gasteiger partial charge in [-0.1, -0.05) is 6.58 Å². The Bertz CT molecular complexity index is 163. The third-order valence-corrected chi connectivity index (χ3v) is 1.49. The molecule has 0 saturated carbocycles. The quantitative estimate of drug-likeness (QED) is 0.380. The number of nitrogens with zero attached hydrogens (tertiary/aromatic N) is 1. The lowest BCUT2D eigenvalue weighted by Gasteiger charge is -2.23. The zero-order chi connectivity index (χ0) is 9.61. The largest absolute Gasteiger partial charge is 0.352 e. The lowest BCUT2D eigenvalue weighted by molar-refractivity contribution is -0.870. The summed E-state index contributed by atoms with van der Waals surface area (Å²) in [7, 11) is 6.40. The second-order valence-corrected chi connectivity index (χ2v) is 3.86. The molecule has 1 amide bonds. The van der Waals surface area contributed by atoms with E-state index in [1.165, 1.54) is 6.08 Å². The summed E-state index contributed by atoms with van der Waals surface area (Å²) in [6.45, 7) is 5.18. The van der Waals surface area contributed by atoms with Crippen LogP contribution in [0.25, 0.3) is 0 Å². The molecule has 0 aliphatic heterocycles. The lowest BCUT2D eigenvalue weighted by atomic mass is 10.3. The van der Waals surface area contributed by atoms with Crippen LogP contribution in [0.2, 0.25) is 0 Å². The Morgan fingerprint density at radius 1 is 1.46 bits per heavy atom. The minimum Gasteiger partial charge on any atom is -0.352 e. The average Bonchev–Trinajstić information content (AvgIpc) is 1.96. The number of rotatable bonds is 5. The molecule has 0 spiro atoms. The molecule has 13 heavy (non-hydrogen) atoms. The first kappa shape index (κ1) is 15.0. The van der Waals surface area contributed by atoms with Crippen molar-refractivity contribution in [1.82, 2.24) is 5.32 Å². The Kier molecular flexibility index (Phi) is 7.96. The van der Waals surface area contributed by atoms with Crippen LogP contribution >= 0.6 is 0 Å². The summed E-state index contributed by atoms with van der Waals surface area (Å²) in [4.78, 5) is 10.7. The van der Waals surface area contributed by atoms with Crippen LogP contribution in [0.4, 0.5) is 0 Å². The first-order chi connectivity index (χ1) is 5.45. The van der Waals surface area contributed by atoms with Crippen LogP contribution in [0.3, 0.4) is 0 Å². The smallest absolute Gasteiger partial charge is 0.243 e. The van der Waals surface area contributed by atoms with Gasteiger partial charge < -0.3 is 9.80 Å². The first-order valence-electron chi connectivity index (χ1n) is 4.16. The molecule has 4 heteroatoms. The van der Waals surface area contributed by atoms with E-state index >= 15 is 0 Å². The summed E-state index contributed by atoms with van der Waals surface area (Å²) in [6.07, 6.45) is 2.30. The van der Waals surface area contributed by atoms with E-state index in [0.717, 1.165) is 24.0 Å². The van der Waals surface area contributed by atoms with E-state index in [-0.39, 0.29) is 18.3 Å². The van der Waals surface area contributed by atoms with Gasteiger partial charge in [0.25, 0.3) is 0 Å². The molecular formula is C9H21ClN2O+2. The van der Waals surface area contributed by atoms with Crippen LogP contribution < -0.4 is 5.32 Å². The lowest BCUT2D eigenvalue weighted by Crippen LogP contribution is -2.37. The molecule has 0 rings (SSSR count). The Balaban J connectivity index is 0. The van der Waals surface area contributed by atoms with E-state index < -0.39 is 0 Å². The van der Waals surface area contributed by atoms with Crippen LogP contribution in [0.1, 0.15) is 6.42 Å². The highest BCUT2D eigenvalue weighted by Gasteiger charge is 2.05. The summed E-state index contributed by atoms with van der Waals surface area (Å²) >= 11 is 0. The van der Waals surface area contributed by atoms with Gasteiger partial charge in [0.05, 0.1) is 40.1 Å². The van der Waals surface area contributed by atoms with Gasteiger partial charge in [0, 0.05) is 13.0 Å².